The van der Waals surface area contributed by atoms with Crippen LogP contribution in [0, 0.1) is 0 Å². The molecule has 1 heterocycles. The molecule has 82 valence electrons. The number of anilines is 1. The number of fused-ring (bicyclic) bond motifs is 1. The van der Waals surface area contributed by atoms with Crippen LogP contribution in [0.1, 0.15) is 6.92 Å². The third-order valence-electron chi connectivity index (χ3n) is 2.17. The minimum absolute atomic E-state index is 0.137. The van der Waals surface area contributed by atoms with Crippen molar-refractivity contribution in [2.24, 2.45) is 5.73 Å². The Balaban J connectivity index is 2.07. The fourth-order valence-corrected chi connectivity index (χ4v) is 1.43. The van der Waals surface area contributed by atoms with Gasteiger partial charge in [-0.25, -0.2) is 0 Å². The molecule has 15 heavy (non-hydrogen) atoms. The molecule has 0 saturated heterocycles. The lowest BCUT2D eigenvalue weighted by atomic mass is 10.2. The summed E-state index contributed by atoms with van der Waals surface area (Å²) in [6, 6.07) is 5.96. The van der Waals surface area contributed by atoms with E-state index in [1.165, 1.54) is 0 Å². The fourth-order valence-electron chi connectivity index (χ4n) is 1.43. The number of rotatable bonds is 3. The topological polar surface area (TPSA) is 56.5 Å². The van der Waals surface area contributed by atoms with Gasteiger partial charge in [0.25, 0.3) is 0 Å². The standard InChI is InChI=1S/C11H16N2O2/c1-8(12)7-13-9-2-3-10-11(6-9)15-5-4-14-10/h2-3,6,8,13H,4-5,7,12H2,1H3. The average molecular weight is 208 g/mol. The van der Waals surface area contributed by atoms with Crippen molar-refractivity contribution in [2.45, 2.75) is 13.0 Å². The van der Waals surface area contributed by atoms with E-state index < -0.39 is 0 Å². The summed E-state index contributed by atoms with van der Waals surface area (Å²) >= 11 is 0. The van der Waals surface area contributed by atoms with Crippen LogP contribution in [-0.4, -0.2) is 25.8 Å². The third kappa shape index (κ3) is 2.53. The molecule has 1 aromatic carbocycles. The average Bonchev–Trinajstić information content (AvgIpc) is 2.26. The Bertz CT molecular complexity index is 339. The molecule has 1 atom stereocenters. The van der Waals surface area contributed by atoms with Crippen LogP contribution < -0.4 is 20.5 Å². The van der Waals surface area contributed by atoms with E-state index in [4.69, 9.17) is 15.2 Å². The summed E-state index contributed by atoms with van der Waals surface area (Å²) in [4.78, 5) is 0. The van der Waals surface area contributed by atoms with Crippen molar-refractivity contribution in [3.63, 3.8) is 0 Å². The van der Waals surface area contributed by atoms with E-state index in [0.717, 1.165) is 23.7 Å². The molecule has 1 aromatic rings. The Morgan fingerprint density at radius 1 is 1.33 bits per heavy atom. The largest absolute Gasteiger partial charge is 0.486 e. The van der Waals surface area contributed by atoms with Gasteiger partial charge in [0.2, 0.25) is 0 Å². The van der Waals surface area contributed by atoms with Crippen molar-refractivity contribution < 1.29 is 9.47 Å². The highest BCUT2D eigenvalue weighted by molar-refractivity contribution is 5.55. The third-order valence-corrected chi connectivity index (χ3v) is 2.17. The highest BCUT2D eigenvalue weighted by Crippen LogP contribution is 2.32. The van der Waals surface area contributed by atoms with Gasteiger partial charge in [0.15, 0.2) is 11.5 Å². The fraction of sp³-hybridized carbons (Fsp3) is 0.455. The van der Waals surface area contributed by atoms with Crippen molar-refractivity contribution in [2.75, 3.05) is 25.1 Å². The molecule has 0 aliphatic carbocycles. The van der Waals surface area contributed by atoms with Crippen LogP contribution in [0.3, 0.4) is 0 Å². The minimum atomic E-state index is 0.137. The molecule has 3 N–H and O–H groups in total. The second-order valence-electron chi connectivity index (χ2n) is 3.72. The first-order valence-corrected chi connectivity index (χ1v) is 5.15. The Kier molecular flexibility index (Phi) is 2.97. The lowest BCUT2D eigenvalue weighted by molar-refractivity contribution is 0.171. The Morgan fingerprint density at radius 2 is 2.07 bits per heavy atom. The van der Waals surface area contributed by atoms with E-state index in [0.29, 0.717) is 13.2 Å². The molecule has 4 nitrogen and oxygen atoms in total. The summed E-state index contributed by atoms with van der Waals surface area (Å²) in [7, 11) is 0. The van der Waals surface area contributed by atoms with Gasteiger partial charge in [-0.05, 0) is 19.1 Å². The summed E-state index contributed by atoms with van der Waals surface area (Å²) in [6.45, 7) is 3.95. The van der Waals surface area contributed by atoms with Crippen LogP contribution in [0.4, 0.5) is 5.69 Å². The molecule has 0 aromatic heterocycles. The molecule has 0 fully saturated rings. The second-order valence-corrected chi connectivity index (χ2v) is 3.72. The molecule has 0 saturated carbocycles. The molecule has 0 amide bonds. The van der Waals surface area contributed by atoms with Gasteiger partial charge < -0.3 is 20.5 Å². The zero-order valence-electron chi connectivity index (χ0n) is 8.82. The maximum Gasteiger partial charge on any atom is 0.163 e. The maximum absolute atomic E-state index is 5.66. The number of hydrogen-bond donors (Lipinski definition) is 2. The number of benzene rings is 1. The highest BCUT2D eigenvalue weighted by atomic mass is 16.6. The normalized spacial score (nSPS) is 15.9. The molecule has 0 spiro atoms. The van der Waals surface area contributed by atoms with E-state index in [-0.39, 0.29) is 6.04 Å². The molecular formula is C11H16N2O2. The van der Waals surface area contributed by atoms with Gasteiger partial charge in [-0.3, -0.25) is 0 Å². The van der Waals surface area contributed by atoms with Crippen LogP contribution in [0.25, 0.3) is 0 Å². The zero-order valence-corrected chi connectivity index (χ0v) is 8.82. The van der Waals surface area contributed by atoms with Crippen molar-refractivity contribution in [3.05, 3.63) is 18.2 Å². The van der Waals surface area contributed by atoms with E-state index in [2.05, 4.69) is 5.32 Å². The van der Waals surface area contributed by atoms with Gasteiger partial charge >= 0.3 is 0 Å². The van der Waals surface area contributed by atoms with Crippen LogP contribution in [0.5, 0.6) is 11.5 Å². The van der Waals surface area contributed by atoms with Crippen LogP contribution in [-0.2, 0) is 0 Å². The van der Waals surface area contributed by atoms with E-state index in [9.17, 15) is 0 Å². The van der Waals surface area contributed by atoms with E-state index in [1.807, 2.05) is 25.1 Å². The van der Waals surface area contributed by atoms with Gasteiger partial charge in [0, 0.05) is 24.3 Å². The van der Waals surface area contributed by atoms with Crippen LogP contribution in [0.2, 0.25) is 0 Å². The van der Waals surface area contributed by atoms with Gasteiger partial charge in [-0.2, -0.15) is 0 Å². The predicted octanol–water partition coefficient (Wildman–Crippen LogP) is 1.22. The Labute approximate surface area is 89.4 Å². The molecule has 1 aliphatic rings. The SMILES string of the molecule is CC(N)CNc1ccc2c(c1)OCCO2. The summed E-state index contributed by atoms with van der Waals surface area (Å²) in [5, 5.41) is 3.23. The van der Waals surface area contributed by atoms with E-state index in [1.54, 1.807) is 0 Å². The van der Waals surface area contributed by atoms with Crippen molar-refractivity contribution >= 4 is 5.69 Å². The number of ether oxygens (including phenoxy) is 2. The monoisotopic (exact) mass is 208 g/mol. The van der Waals surface area contributed by atoms with Gasteiger partial charge in [0.05, 0.1) is 0 Å². The lowest BCUT2D eigenvalue weighted by Gasteiger charge is -2.19. The van der Waals surface area contributed by atoms with Crippen molar-refractivity contribution in [3.8, 4) is 11.5 Å². The minimum Gasteiger partial charge on any atom is -0.486 e. The highest BCUT2D eigenvalue weighted by Gasteiger charge is 2.11. The number of nitrogens with two attached hydrogens (primary N) is 1. The van der Waals surface area contributed by atoms with Crippen molar-refractivity contribution in [1.82, 2.24) is 0 Å². The van der Waals surface area contributed by atoms with Gasteiger partial charge in [0.1, 0.15) is 13.2 Å². The van der Waals surface area contributed by atoms with Crippen LogP contribution >= 0.6 is 0 Å². The second kappa shape index (κ2) is 4.40. The molecule has 2 rings (SSSR count). The maximum atomic E-state index is 5.66. The summed E-state index contributed by atoms with van der Waals surface area (Å²) < 4.78 is 10.9. The molecule has 4 heteroatoms. The molecular weight excluding hydrogens is 192 g/mol. The first-order chi connectivity index (χ1) is 7.25. The smallest absolute Gasteiger partial charge is 0.163 e. The quantitative estimate of drug-likeness (QED) is 0.784. The predicted molar refractivity (Wildman–Crippen MR) is 59.6 cm³/mol. The summed E-state index contributed by atoms with van der Waals surface area (Å²) in [6.07, 6.45) is 0. The van der Waals surface area contributed by atoms with Crippen molar-refractivity contribution in [1.29, 1.82) is 0 Å². The van der Waals surface area contributed by atoms with Gasteiger partial charge in [-0.1, -0.05) is 0 Å². The Hall–Kier alpha value is -1.42. The molecule has 1 aliphatic heterocycles. The van der Waals surface area contributed by atoms with Gasteiger partial charge in [-0.15, -0.1) is 0 Å². The zero-order chi connectivity index (χ0) is 10.7. The first-order valence-electron chi connectivity index (χ1n) is 5.15. The molecule has 0 radical (unpaired) electrons. The first kappa shape index (κ1) is 10.1. The van der Waals surface area contributed by atoms with E-state index >= 15 is 0 Å². The number of nitrogens with one attached hydrogen (secondary N) is 1. The summed E-state index contributed by atoms with van der Waals surface area (Å²) in [5.41, 5.74) is 6.67. The molecule has 1 unspecified atom stereocenters. The summed E-state index contributed by atoms with van der Waals surface area (Å²) in [5.74, 6) is 1.61. The Morgan fingerprint density at radius 3 is 2.80 bits per heavy atom. The lowest BCUT2D eigenvalue weighted by Crippen LogP contribution is -2.25. The van der Waals surface area contributed by atoms with Crippen LogP contribution in [0.15, 0.2) is 18.2 Å². The molecule has 0 bridgehead atoms. The number of hydrogen-bond acceptors (Lipinski definition) is 4.